The van der Waals surface area contributed by atoms with E-state index in [0.717, 1.165) is 0 Å². The quantitative estimate of drug-likeness (QED) is 0.440. The Morgan fingerprint density at radius 1 is 1.29 bits per heavy atom. The van der Waals surface area contributed by atoms with Crippen LogP contribution in [0.1, 0.15) is 16.8 Å². The van der Waals surface area contributed by atoms with Gasteiger partial charge in [-0.15, -0.1) is 0 Å². The second-order valence-electron chi connectivity index (χ2n) is 2.51. The Bertz CT molecular complexity index is 296. The van der Waals surface area contributed by atoms with Gasteiger partial charge in [0.2, 0.25) is 0 Å². The maximum Gasteiger partial charge on any atom is 1.00 e. The Hall–Kier alpha value is 0.160. The van der Waals surface area contributed by atoms with Crippen LogP contribution in [-0.2, 0) is 13.2 Å². The van der Waals surface area contributed by atoms with E-state index in [2.05, 4.69) is 4.98 Å². The topological polar surface area (TPSA) is 73.6 Å². The van der Waals surface area contributed by atoms with E-state index in [0.29, 0.717) is 16.8 Å². The van der Waals surface area contributed by atoms with Gasteiger partial charge in [0.15, 0.2) is 0 Å². The molecule has 0 bridgehead atoms. The third-order valence-corrected chi connectivity index (χ3v) is 1.76. The van der Waals surface area contributed by atoms with Crippen molar-refractivity contribution in [1.29, 1.82) is 0 Å². The molecule has 0 aliphatic carbocycles. The van der Waals surface area contributed by atoms with Gasteiger partial charge < -0.3 is 27.7 Å². The molecule has 0 saturated heterocycles. The predicted molar refractivity (Wildman–Crippen MR) is 42.5 cm³/mol. The summed E-state index contributed by atoms with van der Waals surface area (Å²) in [5.41, 5.74) is 1.27. The van der Waals surface area contributed by atoms with Crippen LogP contribution in [0.15, 0.2) is 6.20 Å². The van der Waals surface area contributed by atoms with E-state index >= 15 is 0 Å². The summed E-state index contributed by atoms with van der Waals surface area (Å²) in [5, 5.41) is 27.0. The van der Waals surface area contributed by atoms with E-state index in [9.17, 15) is 5.11 Å². The third kappa shape index (κ3) is 3.38. The molecule has 74 valence electrons. The molecule has 0 fully saturated rings. The van der Waals surface area contributed by atoms with Gasteiger partial charge in [-0.3, -0.25) is 4.98 Å². The van der Waals surface area contributed by atoms with Gasteiger partial charge in [-0.25, -0.2) is 0 Å². The fourth-order valence-electron chi connectivity index (χ4n) is 0.997. The number of aliphatic hydroxyl groups excluding tert-OH is 2. The maximum atomic E-state index is 9.38. The molecule has 1 aromatic heterocycles. The van der Waals surface area contributed by atoms with E-state index in [1.54, 1.807) is 6.92 Å². The number of aliphatic hydroxyl groups is 2. The van der Waals surface area contributed by atoms with Crippen LogP contribution in [0.25, 0.3) is 0 Å². The Kier molecular flexibility index (Phi) is 8.83. The summed E-state index contributed by atoms with van der Waals surface area (Å²) in [6.45, 7) is 1.12. The van der Waals surface area contributed by atoms with E-state index in [-0.39, 0.29) is 60.9 Å². The van der Waals surface area contributed by atoms with Gasteiger partial charge in [-0.1, -0.05) is 0 Å². The Morgan fingerprint density at radius 2 is 1.86 bits per heavy atom. The van der Waals surface area contributed by atoms with Crippen molar-refractivity contribution in [3.8, 4) is 5.75 Å². The smallest absolute Gasteiger partial charge is 1.00 e. The molecule has 1 aromatic rings. The molecule has 0 aromatic carbocycles. The summed E-state index contributed by atoms with van der Waals surface area (Å²) in [5.74, 6) is -0.0379. The first kappa shape index (κ1) is 16.6. The van der Waals surface area contributed by atoms with Crippen molar-refractivity contribution in [2.75, 3.05) is 0 Å². The second-order valence-corrected chi connectivity index (χ2v) is 2.51. The zero-order valence-corrected chi connectivity index (χ0v) is 10.9. The monoisotopic (exact) mass is 227 g/mol. The average Bonchev–Trinajstić information content (AvgIpc) is 2.09. The molecule has 0 spiro atoms. The van der Waals surface area contributed by atoms with Crippen molar-refractivity contribution in [2.24, 2.45) is 0 Å². The number of hydrogen-bond donors (Lipinski definition) is 3. The zero-order valence-electron chi connectivity index (χ0n) is 8.16. The molecule has 0 saturated carbocycles. The van der Waals surface area contributed by atoms with Crippen LogP contribution in [0.2, 0.25) is 0 Å². The SMILES string of the molecule is Cc1ncc(CO)c(CO)c1O.[Cl-].[Na+]. The number of halogens is 1. The van der Waals surface area contributed by atoms with Crippen molar-refractivity contribution in [1.82, 2.24) is 4.98 Å². The first-order valence-electron chi connectivity index (χ1n) is 3.58. The van der Waals surface area contributed by atoms with Gasteiger partial charge in [0.1, 0.15) is 5.75 Å². The summed E-state index contributed by atoms with van der Waals surface area (Å²) >= 11 is 0. The van der Waals surface area contributed by atoms with Crippen molar-refractivity contribution in [2.45, 2.75) is 20.1 Å². The molecule has 0 aliphatic rings. The van der Waals surface area contributed by atoms with Crippen molar-refractivity contribution >= 4 is 0 Å². The molecule has 14 heavy (non-hydrogen) atoms. The van der Waals surface area contributed by atoms with Crippen molar-refractivity contribution in [3.05, 3.63) is 23.0 Å². The predicted octanol–water partition coefficient (Wildman–Crippen LogP) is -5.91. The zero-order chi connectivity index (χ0) is 9.14. The third-order valence-electron chi connectivity index (χ3n) is 1.76. The van der Waals surface area contributed by atoms with Gasteiger partial charge in [0, 0.05) is 17.3 Å². The number of aromatic hydroxyl groups is 1. The van der Waals surface area contributed by atoms with Crippen LogP contribution < -0.4 is 42.0 Å². The minimum atomic E-state index is -0.287. The van der Waals surface area contributed by atoms with E-state index < -0.39 is 0 Å². The van der Waals surface area contributed by atoms with Crippen LogP contribution in [0.5, 0.6) is 5.75 Å². The summed E-state index contributed by atoms with van der Waals surface area (Å²) in [6, 6.07) is 0. The Balaban J connectivity index is 0. The van der Waals surface area contributed by atoms with Crippen molar-refractivity contribution < 1.29 is 57.3 Å². The Morgan fingerprint density at radius 3 is 2.29 bits per heavy atom. The molecule has 1 heterocycles. The molecule has 3 N–H and O–H groups in total. The largest absolute Gasteiger partial charge is 1.00 e. The van der Waals surface area contributed by atoms with Gasteiger partial charge in [0.25, 0.3) is 0 Å². The molecule has 0 radical (unpaired) electrons. The maximum absolute atomic E-state index is 9.38. The average molecular weight is 228 g/mol. The molecule has 4 nitrogen and oxygen atoms in total. The number of aromatic nitrogens is 1. The first-order valence-corrected chi connectivity index (χ1v) is 3.58. The summed E-state index contributed by atoms with van der Waals surface area (Å²) in [6.07, 6.45) is 1.45. The fraction of sp³-hybridized carbons (Fsp3) is 0.375. The van der Waals surface area contributed by atoms with Crippen LogP contribution in [0.4, 0.5) is 0 Å². The standard InChI is InChI=1S/C8H11NO3.ClH.Na/c1-5-8(12)7(4-11)6(3-10)2-9-5;;/h2,10-12H,3-4H2,1H3;1H;/q;;+1/p-1. The number of aryl methyl sites for hydroxylation is 1. The van der Waals surface area contributed by atoms with Crippen LogP contribution in [0, 0.1) is 6.92 Å². The number of hydrogen-bond acceptors (Lipinski definition) is 4. The molecule has 6 heteroatoms. The van der Waals surface area contributed by atoms with E-state index in [1.807, 2.05) is 0 Å². The van der Waals surface area contributed by atoms with Gasteiger partial charge >= 0.3 is 29.6 Å². The minimum absolute atomic E-state index is 0. The molecule has 0 atom stereocenters. The van der Waals surface area contributed by atoms with Gasteiger partial charge in [0.05, 0.1) is 18.9 Å². The van der Waals surface area contributed by atoms with Gasteiger partial charge in [-0.05, 0) is 6.92 Å². The van der Waals surface area contributed by atoms with E-state index in [4.69, 9.17) is 10.2 Å². The minimum Gasteiger partial charge on any atom is -1.00 e. The fourth-order valence-corrected chi connectivity index (χ4v) is 0.997. The first-order chi connectivity index (χ1) is 5.70. The molecule has 0 unspecified atom stereocenters. The number of nitrogens with zero attached hydrogens (tertiary/aromatic N) is 1. The molecule has 0 amide bonds. The normalized spacial score (nSPS) is 8.79. The molecule has 1 rings (SSSR count). The van der Waals surface area contributed by atoms with Crippen LogP contribution >= 0.6 is 0 Å². The summed E-state index contributed by atoms with van der Waals surface area (Å²) < 4.78 is 0. The summed E-state index contributed by atoms with van der Waals surface area (Å²) in [7, 11) is 0. The number of pyridine rings is 1. The molecular weight excluding hydrogens is 217 g/mol. The second kappa shape index (κ2) is 7.45. The number of rotatable bonds is 2. The van der Waals surface area contributed by atoms with Crippen LogP contribution in [0.3, 0.4) is 0 Å². The van der Waals surface area contributed by atoms with Crippen molar-refractivity contribution in [3.63, 3.8) is 0 Å². The molecule has 0 aliphatic heterocycles. The molecular formula is C8H11ClNNaO3. The Labute approximate surface area is 111 Å². The van der Waals surface area contributed by atoms with Gasteiger partial charge in [-0.2, -0.15) is 0 Å². The summed E-state index contributed by atoms with van der Waals surface area (Å²) in [4.78, 5) is 3.84. The van der Waals surface area contributed by atoms with Crippen LogP contribution in [-0.4, -0.2) is 20.3 Å². The van der Waals surface area contributed by atoms with E-state index in [1.165, 1.54) is 6.20 Å².